The Morgan fingerprint density at radius 2 is 2.12 bits per heavy atom. The number of rotatable bonds is 3. The zero-order valence-corrected chi connectivity index (χ0v) is 9.77. The molecule has 17 heavy (non-hydrogen) atoms. The van der Waals surface area contributed by atoms with Crippen LogP contribution in [0.3, 0.4) is 0 Å². The quantitative estimate of drug-likeness (QED) is 0.822. The molecule has 0 radical (unpaired) electrons. The van der Waals surface area contributed by atoms with Crippen LogP contribution >= 0.6 is 0 Å². The first-order chi connectivity index (χ1) is 7.99. The fraction of sp³-hybridized carbons (Fsp3) is 0.545. The molecule has 2 heterocycles. The van der Waals surface area contributed by atoms with Gasteiger partial charge in [-0.25, -0.2) is 0 Å². The molecule has 0 saturated carbocycles. The Morgan fingerprint density at radius 3 is 2.59 bits per heavy atom. The molecular weight excluding hydrogens is 224 g/mol. The molecule has 1 aromatic rings. The van der Waals surface area contributed by atoms with E-state index in [4.69, 9.17) is 9.63 Å². The summed E-state index contributed by atoms with van der Waals surface area (Å²) in [7, 11) is 0. The van der Waals surface area contributed by atoms with E-state index in [2.05, 4.69) is 5.16 Å². The Labute approximate surface area is 98.2 Å². The summed E-state index contributed by atoms with van der Waals surface area (Å²) in [6.45, 7) is 4.16. The lowest BCUT2D eigenvalue weighted by Gasteiger charge is -2.36. The molecule has 0 aromatic carbocycles. The highest BCUT2D eigenvalue weighted by molar-refractivity contribution is 5.82. The summed E-state index contributed by atoms with van der Waals surface area (Å²) < 4.78 is 4.97. The van der Waals surface area contributed by atoms with Crippen LogP contribution in [0.25, 0.3) is 0 Å². The molecule has 1 aliphatic heterocycles. The summed E-state index contributed by atoms with van der Waals surface area (Å²) >= 11 is 0. The molecule has 1 N–H and O–H groups in total. The minimum Gasteiger partial charge on any atom is -0.481 e. The van der Waals surface area contributed by atoms with Crippen molar-refractivity contribution in [2.75, 3.05) is 13.1 Å². The maximum absolute atomic E-state index is 11.8. The Bertz CT molecular complexity index is 441. The standard InChI is InChI=1S/C11H14N2O4/c1-6-9(7(2)17-12-6)3-10(14)13-4-8(5-13)11(15)16/h8H,3-5H2,1-2H3,(H,15,16). The maximum atomic E-state index is 11.8. The Kier molecular flexibility index (Phi) is 2.87. The van der Waals surface area contributed by atoms with Crippen LogP contribution in [0.5, 0.6) is 0 Å². The molecule has 6 nitrogen and oxygen atoms in total. The Hall–Kier alpha value is -1.85. The van der Waals surface area contributed by atoms with Crippen molar-refractivity contribution in [3.05, 3.63) is 17.0 Å². The van der Waals surface area contributed by atoms with Gasteiger partial charge in [-0.1, -0.05) is 5.16 Å². The monoisotopic (exact) mass is 238 g/mol. The van der Waals surface area contributed by atoms with Crippen molar-refractivity contribution >= 4 is 11.9 Å². The largest absolute Gasteiger partial charge is 0.481 e. The van der Waals surface area contributed by atoms with Crippen LogP contribution in [0.15, 0.2) is 4.52 Å². The van der Waals surface area contributed by atoms with Crippen LogP contribution in [-0.4, -0.2) is 40.1 Å². The third-order valence-corrected chi connectivity index (χ3v) is 3.09. The van der Waals surface area contributed by atoms with Gasteiger partial charge < -0.3 is 14.5 Å². The van der Waals surface area contributed by atoms with Crippen molar-refractivity contribution in [1.82, 2.24) is 10.1 Å². The highest BCUT2D eigenvalue weighted by Crippen LogP contribution is 2.19. The third kappa shape index (κ3) is 2.15. The van der Waals surface area contributed by atoms with Crippen LogP contribution in [0.4, 0.5) is 0 Å². The zero-order valence-electron chi connectivity index (χ0n) is 9.77. The van der Waals surface area contributed by atoms with Crippen LogP contribution in [-0.2, 0) is 16.0 Å². The second kappa shape index (κ2) is 4.20. The van der Waals surface area contributed by atoms with E-state index in [0.717, 1.165) is 5.56 Å². The van der Waals surface area contributed by atoms with E-state index < -0.39 is 11.9 Å². The normalized spacial score (nSPS) is 15.8. The van der Waals surface area contributed by atoms with Gasteiger partial charge in [0.2, 0.25) is 5.91 Å². The number of carboxylic acids is 1. The van der Waals surface area contributed by atoms with Crippen molar-refractivity contribution in [1.29, 1.82) is 0 Å². The van der Waals surface area contributed by atoms with E-state index in [1.165, 1.54) is 0 Å². The van der Waals surface area contributed by atoms with E-state index in [1.807, 2.05) is 0 Å². The van der Waals surface area contributed by atoms with Gasteiger partial charge >= 0.3 is 5.97 Å². The number of amides is 1. The predicted octanol–water partition coefficient (Wildman–Crippen LogP) is 0.377. The molecule has 0 bridgehead atoms. The lowest BCUT2D eigenvalue weighted by atomic mass is 9.99. The number of likely N-dealkylation sites (tertiary alicyclic amines) is 1. The molecular formula is C11H14N2O4. The first-order valence-corrected chi connectivity index (χ1v) is 5.41. The van der Waals surface area contributed by atoms with E-state index in [-0.39, 0.29) is 12.3 Å². The number of aryl methyl sites for hydroxylation is 2. The van der Waals surface area contributed by atoms with Crippen LogP contribution < -0.4 is 0 Å². The van der Waals surface area contributed by atoms with Crippen LogP contribution in [0.2, 0.25) is 0 Å². The smallest absolute Gasteiger partial charge is 0.310 e. The molecule has 1 aliphatic rings. The number of carbonyl (C=O) groups is 2. The Morgan fingerprint density at radius 1 is 1.47 bits per heavy atom. The van der Waals surface area contributed by atoms with Gasteiger partial charge in [0.25, 0.3) is 0 Å². The molecule has 2 rings (SSSR count). The fourth-order valence-corrected chi connectivity index (χ4v) is 1.86. The van der Waals surface area contributed by atoms with Gasteiger partial charge in [0.1, 0.15) is 5.76 Å². The van der Waals surface area contributed by atoms with Gasteiger partial charge in [-0.3, -0.25) is 9.59 Å². The summed E-state index contributed by atoms with van der Waals surface area (Å²) in [5.41, 5.74) is 1.51. The molecule has 1 saturated heterocycles. The van der Waals surface area contributed by atoms with Gasteiger partial charge in [0, 0.05) is 18.7 Å². The summed E-state index contributed by atoms with van der Waals surface area (Å²) in [4.78, 5) is 24.0. The van der Waals surface area contributed by atoms with Crippen molar-refractivity contribution in [3.63, 3.8) is 0 Å². The van der Waals surface area contributed by atoms with Gasteiger partial charge in [0.15, 0.2) is 0 Å². The van der Waals surface area contributed by atoms with Crippen LogP contribution in [0, 0.1) is 19.8 Å². The van der Waals surface area contributed by atoms with Crippen molar-refractivity contribution in [3.8, 4) is 0 Å². The van der Waals surface area contributed by atoms with Gasteiger partial charge in [0.05, 0.1) is 18.0 Å². The first-order valence-electron chi connectivity index (χ1n) is 5.41. The van der Waals surface area contributed by atoms with E-state index in [0.29, 0.717) is 24.5 Å². The highest BCUT2D eigenvalue weighted by atomic mass is 16.5. The molecule has 1 aromatic heterocycles. The van der Waals surface area contributed by atoms with Crippen molar-refractivity contribution < 1.29 is 19.2 Å². The minimum atomic E-state index is -0.841. The summed E-state index contributed by atoms with van der Waals surface area (Å²) in [5, 5.41) is 12.5. The number of hydrogen-bond donors (Lipinski definition) is 1. The van der Waals surface area contributed by atoms with Gasteiger partial charge in [-0.2, -0.15) is 0 Å². The molecule has 1 amide bonds. The maximum Gasteiger partial charge on any atom is 0.310 e. The molecule has 92 valence electrons. The molecule has 1 fully saturated rings. The van der Waals surface area contributed by atoms with Gasteiger partial charge in [-0.15, -0.1) is 0 Å². The third-order valence-electron chi connectivity index (χ3n) is 3.09. The summed E-state index contributed by atoms with van der Waals surface area (Å²) in [5.74, 6) is -0.682. The lowest BCUT2D eigenvalue weighted by molar-refractivity contribution is -0.152. The number of carboxylic acid groups (broad SMARTS) is 1. The van der Waals surface area contributed by atoms with E-state index in [1.54, 1.807) is 18.7 Å². The topological polar surface area (TPSA) is 83.6 Å². The number of hydrogen-bond acceptors (Lipinski definition) is 4. The number of nitrogens with zero attached hydrogens (tertiary/aromatic N) is 2. The SMILES string of the molecule is Cc1noc(C)c1CC(=O)N1CC(C(=O)O)C1. The zero-order chi connectivity index (χ0) is 12.6. The van der Waals surface area contributed by atoms with E-state index in [9.17, 15) is 9.59 Å². The van der Waals surface area contributed by atoms with Gasteiger partial charge in [-0.05, 0) is 13.8 Å². The van der Waals surface area contributed by atoms with Crippen LogP contribution in [0.1, 0.15) is 17.0 Å². The summed E-state index contributed by atoms with van der Waals surface area (Å²) in [6, 6.07) is 0. The molecule has 0 aliphatic carbocycles. The van der Waals surface area contributed by atoms with E-state index >= 15 is 0 Å². The molecule has 0 atom stereocenters. The molecule has 0 unspecified atom stereocenters. The fourth-order valence-electron chi connectivity index (χ4n) is 1.86. The second-order valence-corrected chi connectivity index (χ2v) is 4.31. The molecule has 0 spiro atoms. The average Bonchev–Trinajstić information content (AvgIpc) is 2.46. The molecule has 6 heteroatoms. The van der Waals surface area contributed by atoms with Crippen molar-refractivity contribution in [2.24, 2.45) is 5.92 Å². The number of aromatic nitrogens is 1. The number of aliphatic carboxylic acids is 1. The lowest BCUT2D eigenvalue weighted by Crippen LogP contribution is -2.53. The Balaban J connectivity index is 1.93. The highest BCUT2D eigenvalue weighted by Gasteiger charge is 2.35. The summed E-state index contributed by atoms with van der Waals surface area (Å²) in [6.07, 6.45) is 0.230. The second-order valence-electron chi connectivity index (χ2n) is 4.31. The number of carbonyl (C=O) groups excluding carboxylic acids is 1. The first kappa shape index (κ1) is 11.6. The predicted molar refractivity (Wildman–Crippen MR) is 57.4 cm³/mol. The minimum absolute atomic E-state index is 0.0723. The van der Waals surface area contributed by atoms with Crippen molar-refractivity contribution in [2.45, 2.75) is 20.3 Å². The average molecular weight is 238 g/mol.